The number of rotatable bonds is 13. The van der Waals surface area contributed by atoms with Crippen molar-refractivity contribution in [2.75, 3.05) is 33.4 Å². The van der Waals surface area contributed by atoms with Crippen molar-refractivity contribution in [1.29, 1.82) is 0 Å². The molecule has 0 radical (unpaired) electrons. The van der Waals surface area contributed by atoms with Crippen molar-refractivity contribution >= 4 is 5.91 Å². The van der Waals surface area contributed by atoms with Crippen LogP contribution in [0.25, 0.3) is 0 Å². The van der Waals surface area contributed by atoms with Crippen LogP contribution in [0.2, 0.25) is 0 Å². The number of amides is 1. The first-order valence-electron chi connectivity index (χ1n) is 12.0. The molecule has 0 unspecified atom stereocenters. The number of unbranched alkanes of at least 4 members (excludes halogenated alkanes) is 1. The van der Waals surface area contributed by atoms with E-state index in [0.717, 1.165) is 44.0 Å². The molecule has 2 aromatic carbocycles. The maximum atomic E-state index is 12.7. The quantitative estimate of drug-likeness (QED) is 0.495. The Bertz CT molecular complexity index is 799. The van der Waals surface area contributed by atoms with Gasteiger partial charge in [0.2, 0.25) is 5.91 Å². The number of benzene rings is 2. The maximum Gasteiger partial charge on any atom is 0.223 e. The van der Waals surface area contributed by atoms with Gasteiger partial charge in [-0.1, -0.05) is 37.6 Å². The molecule has 1 amide bonds. The van der Waals surface area contributed by atoms with Crippen molar-refractivity contribution in [3.63, 3.8) is 0 Å². The Labute approximate surface area is 193 Å². The molecule has 32 heavy (non-hydrogen) atoms. The van der Waals surface area contributed by atoms with Gasteiger partial charge < -0.3 is 19.7 Å². The predicted octanol–water partition coefficient (Wildman–Crippen LogP) is 4.63. The van der Waals surface area contributed by atoms with Crippen LogP contribution < -0.4 is 14.8 Å². The van der Waals surface area contributed by atoms with Crippen LogP contribution in [0.3, 0.4) is 0 Å². The highest BCUT2D eigenvalue weighted by molar-refractivity contribution is 5.76. The van der Waals surface area contributed by atoms with Gasteiger partial charge in [-0.05, 0) is 80.6 Å². The zero-order valence-corrected chi connectivity index (χ0v) is 19.6. The van der Waals surface area contributed by atoms with E-state index in [9.17, 15) is 4.79 Å². The number of likely N-dealkylation sites (tertiary alicyclic amines) is 1. The average molecular weight is 439 g/mol. The van der Waals surface area contributed by atoms with Crippen molar-refractivity contribution < 1.29 is 14.3 Å². The highest BCUT2D eigenvalue weighted by Gasteiger charge is 2.19. The third-order valence-electron chi connectivity index (χ3n) is 6.02. The molecule has 174 valence electrons. The molecule has 1 fully saturated rings. The van der Waals surface area contributed by atoms with Gasteiger partial charge in [-0.15, -0.1) is 0 Å². The number of carbonyl (C=O) groups excluding carboxylic acids is 1. The summed E-state index contributed by atoms with van der Waals surface area (Å²) in [5.41, 5.74) is 2.68. The SMILES string of the molecule is CCCCc1ccc(C[C@@H](CN2CCCC2)NC(=O)CCOc2ccc(OC)cc2)cc1. The molecule has 0 aliphatic carbocycles. The van der Waals surface area contributed by atoms with Gasteiger partial charge in [0.15, 0.2) is 0 Å². The van der Waals surface area contributed by atoms with Gasteiger partial charge in [0.05, 0.1) is 20.1 Å². The van der Waals surface area contributed by atoms with E-state index in [4.69, 9.17) is 9.47 Å². The molecule has 0 saturated carbocycles. The first-order chi connectivity index (χ1) is 15.7. The average Bonchev–Trinajstić information content (AvgIpc) is 3.32. The van der Waals surface area contributed by atoms with Gasteiger partial charge in [0, 0.05) is 12.6 Å². The summed E-state index contributed by atoms with van der Waals surface area (Å²) in [6.45, 7) is 5.75. The molecule has 1 saturated heterocycles. The number of ether oxygens (including phenoxy) is 2. The Hall–Kier alpha value is -2.53. The Morgan fingerprint density at radius 3 is 2.31 bits per heavy atom. The molecule has 3 rings (SSSR count). The number of aryl methyl sites for hydroxylation is 1. The predicted molar refractivity (Wildman–Crippen MR) is 129 cm³/mol. The second-order valence-corrected chi connectivity index (χ2v) is 8.67. The summed E-state index contributed by atoms with van der Waals surface area (Å²) in [6, 6.07) is 16.5. The standard InChI is InChI=1S/C27H38N2O3/c1-3-4-7-22-8-10-23(11-9-22)20-24(21-29-17-5-6-18-29)28-27(30)16-19-32-26-14-12-25(31-2)13-15-26/h8-15,24H,3-7,16-21H2,1-2H3,(H,28,30)/t24-/m0/s1. The lowest BCUT2D eigenvalue weighted by Gasteiger charge is -2.25. The summed E-state index contributed by atoms with van der Waals surface area (Å²) in [6.07, 6.45) is 7.29. The fourth-order valence-electron chi connectivity index (χ4n) is 4.18. The largest absolute Gasteiger partial charge is 0.497 e. The molecule has 0 bridgehead atoms. The van der Waals surface area contributed by atoms with Crippen molar-refractivity contribution in [2.45, 2.75) is 57.9 Å². The smallest absolute Gasteiger partial charge is 0.223 e. The zero-order chi connectivity index (χ0) is 22.6. The third kappa shape index (κ3) is 8.19. The van der Waals surface area contributed by atoms with Crippen LogP contribution in [0.15, 0.2) is 48.5 Å². The fourth-order valence-corrected chi connectivity index (χ4v) is 4.18. The molecule has 1 N–H and O–H groups in total. The first-order valence-corrected chi connectivity index (χ1v) is 12.0. The molecule has 1 aliphatic rings. The Morgan fingerprint density at radius 1 is 1.00 bits per heavy atom. The van der Waals surface area contributed by atoms with Gasteiger partial charge in [-0.25, -0.2) is 0 Å². The first kappa shape index (κ1) is 24.1. The van der Waals surface area contributed by atoms with E-state index in [0.29, 0.717) is 13.0 Å². The Balaban J connectivity index is 1.50. The molecule has 1 atom stereocenters. The zero-order valence-electron chi connectivity index (χ0n) is 19.6. The minimum atomic E-state index is 0.0438. The minimum Gasteiger partial charge on any atom is -0.497 e. The number of hydrogen-bond donors (Lipinski definition) is 1. The molecule has 1 aliphatic heterocycles. The fraction of sp³-hybridized carbons (Fsp3) is 0.519. The summed E-state index contributed by atoms with van der Waals surface area (Å²) < 4.78 is 10.9. The molecule has 5 heteroatoms. The third-order valence-corrected chi connectivity index (χ3v) is 6.02. The van der Waals surface area contributed by atoms with Crippen LogP contribution in [0.4, 0.5) is 0 Å². The number of methoxy groups -OCH3 is 1. The van der Waals surface area contributed by atoms with Crippen molar-refractivity contribution in [1.82, 2.24) is 10.2 Å². The van der Waals surface area contributed by atoms with Gasteiger partial charge in [0.25, 0.3) is 0 Å². The lowest BCUT2D eigenvalue weighted by Crippen LogP contribution is -2.44. The van der Waals surface area contributed by atoms with Crippen LogP contribution in [0.5, 0.6) is 11.5 Å². The van der Waals surface area contributed by atoms with Gasteiger partial charge in [0.1, 0.15) is 11.5 Å². The van der Waals surface area contributed by atoms with Crippen LogP contribution >= 0.6 is 0 Å². The van der Waals surface area contributed by atoms with Crippen molar-refractivity contribution in [2.24, 2.45) is 0 Å². The van der Waals surface area contributed by atoms with Crippen LogP contribution in [0.1, 0.15) is 50.2 Å². The molecule has 0 aromatic heterocycles. The summed E-state index contributed by atoms with van der Waals surface area (Å²) in [5, 5.41) is 3.27. The van der Waals surface area contributed by atoms with E-state index in [1.165, 1.54) is 36.8 Å². The van der Waals surface area contributed by atoms with E-state index in [2.05, 4.69) is 41.4 Å². The molecule has 0 spiro atoms. The lowest BCUT2D eigenvalue weighted by molar-refractivity contribution is -0.122. The van der Waals surface area contributed by atoms with Crippen LogP contribution in [-0.4, -0.2) is 50.2 Å². The highest BCUT2D eigenvalue weighted by Crippen LogP contribution is 2.17. The maximum absolute atomic E-state index is 12.7. The number of nitrogens with zero attached hydrogens (tertiary/aromatic N) is 1. The normalized spacial score (nSPS) is 14.8. The molecule has 2 aromatic rings. The van der Waals surface area contributed by atoms with Crippen molar-refractivity contribution in [3.8, 4) is 11.5 Å². The molecule has 1 heterocycles. The Kier molecular flexibility index (Phi) is 9.89. The Morgan fingerprint density at radius 2 is 1.66 bits per heavy atom. The van der Waals surface area contributed by atoms with Crippen LogP contribution in [-0.2, 0) is 17.6 Å². The van der Waals surface area contributed by atoms with E-state index in [1.807, 2.05) is 24.3 Å². The van der Waals surface area contributed by atoms with E-state index >= 15 is 0 Å². The van der Waals surface area contributed by atoms with Crippen LogP contribution in [0, 0.1) is 0 Å². The number of carbonyl (C=O) groups is 1. The van der Waals surface area contributed by atoms with E-state index in [1.54, 1.807) is 7.11 Å². The second-order valence-electron chi connectivity index (χ2n) is 8.67. The lowest BCUT2D eigenvalue weighted by atomic mass is 10.0. The van der Waals surface area contributed by atoms with Crippen molar-refractivity contribution in [3.05, 3.63) is 59.7 Å². The van der Waals surface area contributed by atoms with E-state index < -0.39 is 0 Å². The van der Waals surface area contributed by atoms with Gasteiger partial charge in [-0.2, -0.15) is 0 Å². The highest BCUT2D eigenvalue weighted by atomic mass is 16.5. The number of hydrogen-bond acceptors (Lipinski definition) is 4. The summed E-state index contributed by atoms with van der Waals surface area (Å²) in [7, 11) is 1.64. The minimum absolute atomic E-state index is 0.0438. The summed E-state index contributed by atoms with van der Waals surface area (Å²) in [4.78, 5) is 15.1. The van der Waals surface area contributed by atoms with Gasteiger partial charge >= 0.3 is 0 Å². The monoisotopic (exact) mass is 438 g/mol. The van der Waals surface area contributed by atoms with Gasteiger partial charge in [-0.3, -0.25) is 4.79 Å². The molecular weight excluding hydrogens is 400 g/mol. The topological polar surface area (TPSA) is 50.8 Å². The number of nitrogens with one attached hydrogen (secondary N) is 1. The molecule has 5 nitrogen and oxygen atoms in total. The molecular formula is C27H38N2O3. The van der Waals surface area contributed by atoms with E-state index in [-0.39, 0.29) is 11.9 Å². The summed E-state index contributed by atoms with van der Waals surface area (Å²) in [5.74, 6) is 1.58. The second kappa shape index (κ2) is 13.1. The summed E-state index contributed by atoms with van der Waals surface area (Å²) >= 11 is 0.